The Morgan fingerprint density at radius 2 is 1.83 bits per heavy atom. The lowest BCUT2D eigenvalue weighted by molar-refractivity contribution is -0.137. The Bertz CT molecular complexity index is 357. The Hall–Kier alpha value is -0.760. The second kappa shape index (κ2) is 7.63. The van der Waals surface area contributed by atoms with Crippen molar-refractivity contribution in [2.75, 3.05) is 6.54 Å². The van der Waals surface area contributed by atoms with Gasteiger partial charge in [-0.15, -0.1) is 0 Å². The summed E-state index contributed by atoms with van der Waals surface area (Å²) in [6.45, 7) is 3.66. The summed E-state index contributed by atoms with van der Waals surface area (Å²) in [6.07, 6.45) is 0.741. The molecule has 0 aromatic heterocycles. The molecule has 0 aliphatic rings. The molecule has 18 heavy (non-hydrogen) atoms. The molecule has 1 atom stereocenters. The number of sulfonamides is 1. The summed E-state index contributed by atoms with van der Waals surface area (Å²) in [4.78, 5) is 10.4. The van der Waals surface area contributed by atoms with Gasteiger partial charge in [-0.2, -0.15) is 8.78 Å². The fourth-order valence-electron chi connectivity index (χ4n) is 1.57. The first kappa shape index (κ1) is 17.2. The molecule has 8 heteroatoms. The van der Waals surface area contributed by atoms with E-state index in [1.54, 1.807) is 4.72 Å². The molecule has 0 spiro atoms. The van der Waals surface area contributed by atoms with Crippen LogP contribution in [0.1, 0.15) is 33.1 Å². The van der Waals surface area contributed by atoms with Crippen LogP contribution in [0.25, 0.3) is 0 Å². The summed E-state index contributed by atoms with van der Waals surface area (Å²) >= 11 is 0. The quantitative estimate of drug-likeness (QED) is 0.675. The lowest BCUT2D eigenvalue weighted by atomic mass is 9.88. The third-order valence-electron chi connectivity index (χ3n) is 2.72. The molecule has 0 aliphatic carbocycles. The van der Waals surface area contributed by atoms with E-state index in [2.05, 4.69) is 0 Å². The molecule has 0 radical (unpaired) electrons. The molecule has 1 unspecified atom stereocenters. The molecule has 0 aliphatic heterocycles. The molecular weight excluding hydrogens is 268 g/mol. The van der Waals surface area contributed by atoms with E-state index in [0.717, 1.165) is 0 Å². The van der Waals surface area contributed by atoms with Crippen molar-refractivity contribution in [2.45, 2.75) is 38.9 Å². The molecule has 0 amide bonds. The van der Waals surface area contributed by atoms with Gasteiger partial charge in [-0.1, -0.05) is 13.8 Å². The standard InChI is InChI=1S/C10H19F2NO4S/c1-7(2)8(3-4-9(14)15)5-6-13-18(16,17)10(11)12/h7-8,10,13H,3-6H2,1-2H3,(H,14,15). The van der Waals surface area contributed by atoms with E-state index in [0.29, 0.717) is 12.8 Å². The van der Waals surface area contributed by atoms with Gasteiger partial charge in [0.2, 0.25) is 0 Å². The van der Waals surface area contributed by atoms with Crippen LogP contribution in [0.2, 0.25) is 0 Å². The lowest BCUT2D eigenvalue weighted by Gasteiger charge is -2.20. The highest BCUT2D eigenvalue weighted by Gasteiger charge is 2.24. The van der Waals surface area contributed by atoms with Gasteiger partial charge in [0.05, 0.1) is 0 Å². The number of carboxylic acid groups (broad SMARTS) is 1. The molecule has 0 aromatic rings. The van der Waals surface area contributed by atoms with E-state index in [-0.39, 0.29) is 24.8 Å². The van der Waals surface area contributed by atoms with Crippen molar-refractivity contribution in [2.24, 2.45) is 11.8 Å². The van der Waals surface area contributed by atoms with Crippen molar-refractivity contribution < 1.29 is 27.1 Å². The van der Waals surface area contributed by atoms with Gasteiger partial charge in [0.25, 0.3) is 10.0 Å². The molecule has 108 valence electrons. The van der Waals surface area contributed by atoms with Crippen LogP contribution in [-0.4, -0.2) is 31.8 Å². The lowest BCUT2D eigenvalue weighted by Crippen LogP contribution is -2.31. The van der Waals surface area contributed by atoms with Crippen LogP contribution >= 0.6 is 0 Å². The number of hydrogen-bond donors (Lipinski definition) is 2. The monoisotopic (exact) mass is 287 g/mol. The van der Waals surface area contributed by atoms with Gasteiger partial charge in [0.1, 0.15) is 0 Å². The van der Waals surface area contributed by atoms with Crippen molar-refractivity contribution in [3.05, 3.63) is 0 Å². The van der Waals surface area contributed by atoms with E-state index in [1.165, 1.54) is 0 Å². The smallest absolute Gasteiger partial charge is 0.350 e. The highest BCUT2D eigenvalue weighted by molar-refractivity contribution is 7.89. The first-order valence-corrected chi connectivity index (χ1v) is 7.20. The predicted octanol–water partition coefficient (Wildman–Crippen LogP) is 1.66. The zero-order chi connectivity index (χ0) is 14.3. The van der Waals surface area contributed by atoms with Crippen LogP contribution in [-0.2, 0) is 14.8 Å². The summed E-state index contributed by atoms with van der Waals surface area (Å²) in [5, 5.41) is 8.56. The Kier molecular flexibility index (Phi) is 7.30. The van der Waals surface area contributed by atoms with Crippen LogP contribution in [0.4, 0.5) is 8.78 Å². The molecule has 0 saturated heterocycles. The maximum atomic E-state index is 12.0. The second-order valence-corrected chi connectivity index (χ2v) is 6.16. The maximum absolute atomic E-state index is 12.0. The van der Waals surface area contributed by atoms with Crippen molar-refractivity contribution in [1.29, 1.82) is 0 Å². The van der Waals surface area contributed by atoms with E-state index < -0.39 is 21.8 Å². The van der Waals surface area contributed by atoms with Crippen LogP contribution < -0.4 is 4.72 Å². The van der Waals surface area contributed by atoms with Gasteiger partial charge in [0, 0.05) is 13.0 Å². The van der Waals surface area contributed by atoms with Gasteiger partial charge in [-0.25, -0.2) is 13.1 Å². The summed E-state index contributed by atoms with van der Waals surface area (Å²) in [6, 6.07) is 0. The minimum Gasteiger partial charge on any atom is -0.481 e. The van der Waals surface area contributed by atoms with Gasteiger partial charge < -0.3 is 5.11 Å². The number of halogens is 2. The summed E-state index contributed by atoms with van der Waals surface area (Å²) < 4.78 is 47.4. The van der Waals surface area contributed by atoms with E-state index in [4.69, 9.17) is 5.11 Å². The Balaban J connectivity index is 4.17. The molecule has 0 saturated carbocycles. The van der Waals surface area contributed by atoms with E-state index in [1.807, 2.05) is 13.8 Å². The molecule has 0 heterocycles. The number of aliphatic carboxylic acids is 1. The zero-order valence-corrected chi connectivity index (χ0v) is 11.2. The number of hydrogen-bond acceptors (Lipinski definition) is 3. The minimum absolute atomic E-state index is 0.00948. The van der Waals surface area contributed by atoms with Gasteiger partial charge in [-0.3, -0.25) is 4.79 Å². The minimum atomic E-state index is -4.55. The molecule has 0 aromatic carbocycles. The second-order valence-electron chi connectivity index (χ2n) is 4.43. The van der Waals surface area contributed by atoms with Crippen LogP contribution in [0.3, 0.4) is 0 Å². The Morgan fingerprint density at radius 3 is 2.22 bits per heavy atom. The number of rotatable bonds is 9. The molecule has 5 nitrogen and oxygen atoms in total. The third-order valence-corrected chi connectivity index (χ3v) is 3.80. The van der Waals surface area contributed by atoms with Gasteiger partial charge >= 0.3 is 11.7 Å². The highest BCUT2D eigenvalue weighted by atomic mass is 32.2. The number of carbonyl (C=O) groups is 1. The van der Waals surface area contributed by atoms with Crippen molar-refractivity contribution >= 4 is 16.0 Å². The first-order chi connectivity index (χ1) is 8.16. The van der Waals surface area contributed by atoms with E-state index in [9.17, 15) is 22.0 Å². The topological polar surface area (TPSA) is 83.5 Å². The number of carboxylic acids is 1. The third kappa shape index (κ3) is 6.85. The number of alkyl halides is 2. The Morgan fingerprint density at radius 1 is 1.28 bits per heavy atom. The van der Waals surface area contributed by atoms with Crippen LogP contribution in [0.15, 0.2) is 0 Å². The summed E-state index contributed by atoms with van der Waals surface area (Å²) in [5.74, 6) is -4.20. The molecular formula is C10H19F2NO4S. The predicted molar refractivity (Wildman–Crippen MR) is 62.7 cm³/mol. The van der Waals surface area contributed by atoms with E-state index >= 15 is 0 Å². The molecule has 0 fully saturated rings. The fourth-order valence-corrected chi connectivity index (χ4v) is 2.10. The van der Waals surface area contributed by atoms with Crippen LogP contribution in [0.5, 0.6) is 0 Å². The summed E-state index contributed by atoms with van der Waals surface area (Å²) in [7, 11) is -4.55. The molecule has 0 rings (SSSR count). The first-order valence-electron chi connectivity index (χ1n) is 5.65. The summed E-state index contributed by atoms with van der Waals surface area (Å²) in [5.41, 5.74) is 0. The SMILES string of the molecule is CC(C)C(CCNS(=O)(=O)C(F)F)CCC(=O)O. The Labute approximate surface area is 106 Å². The van der Waals surface area contributed by atoms with Crippen molar-refractivity contribution in [3.8, 4) is 0 Å². The molecule has 2 N–H and O–H groups in total. The number of nitrogens with one attached hydrogen (secondary N) is 1. The van der Waals surface area contributed by atoms with Crippen molar-refractivity contribution in [1.82, 2.24) is 4.72 Å². The highest BCUT2D eigenvalue weighted by Crippen LogP contribution is 2.20. The maximum Gasteiger partial charge on any atom is 0.350 e. The van der Waals surface area contributed by atoms with Crippen molar-refractivity contribution in [3.63, 3.8) is 0 Å². The normalized spacial score (nSPS) is 14.1. The largest absolute Gasteiger partial charge is 0.481 e. The zero-order valence-electron chi connectivity index (χ0n) is 10.4. The average molecular weight is 287 g/mol. The van der Waals surface area contributed by atoms with Gasteiger partial charge in [0.15, 0.2) is 0 Å². The van der Waals surface area contributed by atoms with Gasteiger partial charge in [-0.05, 0) is 24.7 Å². The van der Waals surface area contributed by atoms with Crippen LogP contribution in [0, 0.1) is 11.8 Å². The average Bonchev–Trinajstić information content (AvgIpc) is 2.21. The fraction of sp³-hybridized carbons (Fsp3) is 0.900. The molecule has 0 bridgehead atoms.